The summed E-state index contributed by atoms with van der Waals surface area (Å²) in [5.74, 6) is 0. The Morgan fingerprint density at radius 3 is 2.07 bits per heavy atom. The summed E-state index contributed by atoms with van der Waals surface area (Å²) in [6.45, 7) is 4.13. The first-order chi connectivity index (χ1) is 13.0. The first-order valence-corrected chi connectivity index (χ1v) is 10.3. The van der Waals surface area contributed by atoms with Crippen molar-refractivity contribution in [2.45, 2.75) is 13.8 Å². The molecule has 0 radical (unpaired) electrons. The molecule has 136 valence electrons. The van der Waals surface area contributed by atoms with Crippen molar-refractivity contribution in [1.82, 2.24) is 14.1 Å². The summed E-state index contributed by atoms with van der Waals surface area (Å²) in [6.07, 6.45) is 3.26. The highest BCUT2D eigenvalue weighted by Gasteiger charge is 2.29. The van der Waals surface area contributed by atoms with Gasteiger partial charge in [-0.1, -0.05) is 18.2 Å². The molecule has 2 aromatic heterocycles. The Bertz CT molecular complexity index is 1110. The third kappa shape index (κ3) is 3.05. The van der Waals surface area contributed by atoms with Crippen molar-refractivity contribution in [2.24, 2.45) is 0 Å². The van der Waals surface area contributed by atoms with E-state index >= 15 is 0 Å². The molecule has 2 aromatic carbocycles. The third-order valence-corrected chi connectivity index (χ3v) is 6.53. The van der Waals surface area contributed by atoms with Crippen LogP contribution in [0.25, 0.3) is 11.4 Å². The van der Waals surface area contributed by atoms with Crippen LogP contribution in [0.3, 0.4) is 0 Å². The molecular formula is C21H20N3O2P. The number of hydrogen-bond acceptors (Lipinski definition) is 2. The average Bonchev–Trinajstić information content (AvgIpc) is 3.30. The topological polar surface area (TPSA) is 60.0 Å². The molecule has 4 aromatic rings. The predicted octanol–water partition coefficient (Wildman–Crippen LogP) is 3.50. The molecule has 0 fully saturated rings. The van der Waals surface area contributed by atoms with Gasteiger partial charge in [0.2, 0.25) is 5.57 Å². The minimum Gasteiger partial charge on any atom is -0.336 e. The standard InChI is InChI=1S/C21H20N3O2P/c1-16-8-9-17(2)24(16)19-12-10-18(11-13-19)23-15-14-22-21(23)27(25,26)20-6-4-3-5-7-20/h3-15H,1-2H3,(H,25,26). The van der Waals surface area contributed by atoms with E-state index < -0.39 is 7.37 Å². The Hall–Kier alpha value is -2.88. The second-order valence-corrected chi connectivity index (χ2v) is 8.55. The number of nitrogens with zero attached hydrogens (tertiary/aromatic N) is 3. The van der Waals surface area contributed by atoms with E-state index in [0.29, 0.717) is 5.30 Å². The molecule has 2 heterocycles. The quantitative estimate of drug-likeness (QED) is 0.554. The summed E-state index contributed by atoms with van der Waals surface area (Å²) in [6, 6.07) is 20.7. The zero-order chi connectivity index (χ0) is 19.0. The van der Waals surface area contributed by atoms with Gasteiger partial charge in [-0.05, 0) is 62.4 Å². The highest BCUT2D eigenvalue weighted by atomic mass is 31.2. The highest BCUT2D eigenvalue weighted by molar-refractivity contribution is 7.73. The van der Waals surface area contributed by atoms with Gasteiger partial charge in [-0.15, -0.1) is 0 Å². The van der Waals surface area contributed by atoms with Crippen LogP contribution >= 0.6 is 7.37 Å². The molecule has 0 aliphatic carbocycles. The van der Waals surface area contributed by atoms with Crippen molar-refractivity contribution in [3.63, 3.8) is 0 Å². The summed E-state index contributed by atoms with van der Waals surface area (Å²) in [4.78, 5) is 14.9. The Labute approximate surface area is 158 Å². The van der Waals surface area contributed by atoms with Crippen molar-refractivity contribution in [1.29, 1.82) is 0 Å². The Kier molecular flexibility index (Phi) is 4.34. The van der Waals surface area contributed by atoms with Crippen LogP contribution in [0.5, 0.6) is 0 Å². The average molecular weight is 377 g/mol. The van der Waals surface area contributed by atoms with Gasteiger partial charge in [0.25, 0.3) is 7.37 Å². The van der Waals surface area contributed by atoms with Crippen LogP contribution in [0.2, 0.25) is 0 Å². The molecule has 1 atom stereocenters. The fourth-order valence-corrected chi connectivity index (χ4v) is 4.81. The van der Waals surface area contributed by atoms with E-state index in [2.05, 4.69) is 35.5 Å². The summed E-state index contributed by atoms with van der Waals surface area (Å²) in [5.41, 5.74) is 4.31. The van der Waals surface area contributed by atoms with Crippen molar-refractivity contribution < 1.29 is 9.46 Å². The largest absolute Gasteiger partial charge is 0.336 e. The fourth-order valence-electron chi connectivity index (χ4n) is 3.30. The van der Waals surface area contributed by atoms with Crippen LogP contribution in [0.1, 0.15) is 11.4 Å². The van der Waals surface area contributed by atoms with E-state index in [9.17, 15) is 9.46 Å². The Balaban J connectivity index is 1.74. The van der Waals surface area contributed by atoms with Crippen LogP contribution in [-0.2, 0) is 4.57 Å². The smallest absolute Gasteiger partial charge is 0.293 e. The van der Waals surface area contributed by atoms with Gasteiger partial charge in [0, 0.05) is 40.5 Å². The van der Waals surface area contributed by atoms with Gasteiger partial charge in [0.15, 0.2) is 0 Å². The maximum atomic E-state index is 13.1. The molecule has 0 saturated carbocycles. The van der Waals surface area contributed by atoms with Gasteiger partial charge in [-0.3, -0.25) is 9.13 Å². The molecule has 0 saturated heterocycles. The van der Waals surface area contributed by atoms with Gasteiger partial charge in [-0.25, -0.2) is 4.98 Å². The highest BCUT2D eigenvalue weighted by Crippen LogP contribution is 2.37. The number of rotatable bonds is 4. The van der Waals surface area contributed by atoms with E-state index in [1.54, 1.807) is 41.2 Å². The van der Waals surface area contributed by atoms with E-state index in [-0.39, 0.29) is 5.57 Å². The van der Waals surface area contributed by atoms with Gasteiger partial charge in [0.05, 0.1) is 0 Å². The third-order valence-electron chi connectivity index (χ3n) is 4.66. The summed E-state index contributed by atoms with van der Waals surface area (Å²) >= 11 is 0. The molecule has 0 spiro atoms. The maximum Gasteiger partial charge on any atom is 0.293 e. The number of imidazole rings is 1. The summed E-state index contributed by atoms with van der Waals surface area (Å²) in [7, 11) is -3.78. The molecule has 0 aliphatic rings. The lowest BCUT2D eigenvalue weighted by Gasteiger charge is -2.15. The van der Waals surface area contributed by atoms with Crippen LogP contribution in [0.15, 0.2) is 79.1 Å². The van der Waals surface area contributed by atoms with Crippen LogP contribution in [0.4, 0.5) is 0 Å². The molecule has 5 nitrogen and oxygen atoms in total. The number of aryl methyl sites for hydroxylation is 2. The van der Waals surface area contributed by atoms with Crippen molar-refractivity contribution >= 4 is 18.2 Å². The lowest BCUT2D eigenvalue weighted by Crippen LogP contribution is -2.24. The molecule has 1 unspecified atom stereocenters. The second kappa shape index (κ2) is 6.69. The zero-order valence-electron chi connectivity index (χ0n) is 15.1. The lowest BCUT2D eigenvalue weighted by molar-refractivity contribution is 0.498. The van der Waals surface area contributed by atoms with Crippen LogP contribution in [-0.4, -0.2) is 19.0 Å². The van der Waals surface area contributed by atoms with E-state index in [1.807, 2.05) is 30.3 Å². The van der Waals surface area contributed by atoms with Gasteiger partial charge < -0.3 is 9.46 Å². The minimum absolute atomic E-state index is 0.148. The predicted molar refractivity (Wildman–Crippen MR) is 108 cm³/mol. The van der Waals surface area contributed by atoms with Crippen LogP contribution < -0.4 is 10.9 Å². The zero-order valence-corrected chi connectivity index (χ0v) is 16.0. The van der Waals surface area contributed by atoms with Crippen molar-refractivity contribution in [2.75, 3.05) is 0 Å². The number of aromatic nitrogens is 3. The maximum absolute atomic E-state index is 13.1. The fraction of sp³-hybridized carbons (Fsp3) is 0.0952. The van der Waals surface area contributed by atoms with Crippen molar-refractivity contribution in [3.05, 3.63) is 90.5 Å². The van der Waals surface area contributed by atoms with Gasteiger partial charge in [0.1, 0.15) is 0 Å². The molecular weight excluding hydrogens is 357 g/mol. The summed E-state index contributed by atoms with van der Waals surface area (Å²) in [5, 5.41) is 0.368. The Morgan fingerprint density at radius 1 is 0.852 bits per heavy atom. The normalized spacial score (nSPS) is 13.4. The first-order valence-electron chi connectivity index (χ1n) is 8.66. The van der Waals surface area contributed by atoms with Crippen molar-refractivity contribution in [3.8, 4) is 11.4 Å². The van der Waals surface area contributed by atoms with Crippen LogP contribution in [0, 0.1) is 13.8 Å². The number of hydrogen-bond donors (Lipinski definition) is 1. The monoisotopic (exact) mass is 377 g/mol. The SMILES string of the molecule is Cc1ccc(C)n1-c1ccc(-n2ccnc2P(=O)(O)c2ccccc2)cc1. The van der Waals surface area contributed by atoms with Gasteiger partial charge in [-0.2, -0.15) is 0 Å². The van der Waals surface area contributed by atoms with Gasteiger partial charge >= 0.3 is 0 Å². The van der Waals surface area contributed by atoms with E-state index in [1.165, 1.54) is 0 Å². The molecule has 0 amide bonds. The van der Waals surface area contributed by atoms with E-state index in [4.69, 9.17) is 0 Å². The Morgan fingerprint density at radius 2 is 1.44 bits per heavy atom. The molecule has 27 heavy (non-hydrogen) atoms. The second-order valence-electron chi connectivity index (χ2n) is 6.48. The minimum atomic E-state index is -3.78. The molecule has 6 heteroatoms. The number of benzene rings is 2. The summed E-state index contributed by atoms with van der Waals surface area (Å²) < 4.78 is 16.9. The lowest BCUT2D eigenvalue weighted by atomic mass is 10.2. The molecule has 0 bridgehead atoms. The molecule has 4 rings (SSSR count). The molecule has 0 aliphatic heterocycles. The van der Waals surface area contributed by atoms with E-state index in [0.717, 1.165) is 22.8 Å². The molecule has 1 N–H and O–H groups in total. The first kappa shape index (κ1) is 17.5.